The minimum absolute atomic E-state index is 0.234. The van der Waals surface area contributed by atoms with Crippen LogP contribution in [-0.4, -0.2) is 30.4 Å². The largest absolute Gasteiger partial charge is 0.444 e. The van der Waals surface area contributed by atoms with E-state index in [2.05, 4.69) is 10.6 Å². The van der Waals surface area contributed by atoms with Gasteiger partial charge in [-0.25, -0.2) is 4.79 Å². The Kier molecular flexibility index (Phi) is 5.72. The van der Waals surface area contributed by atoms with E-state index in [0.717, 1.165) is 0 Å². The Hall–Kier alpha value is -2.08. The van der Waals surface area contributed by atoms with Crippen molar-refractivity contribution in [3.05, 3.63) is 28.8 Å². The van der Waals surface area contributed by atoms with Crippen molar-refractivity contribution in [1.82, 2.24) is 5.32 Å². The molecule has 0 aromatic heterocycles. The van der Waals surface area contributed by atoms with Crippen LogP contribution in [0.15, 0.2) is 18.2 Å². The monoisotopic (exact) mass is 312 g/mol. The summed E-state index contributed by atoms with van der Waals surface area (Å²) in [6, 6.07) is 4.49. The van der Waals surface area contributed by atoms with Gasteiger partial charge in [-0.2, -0.15) is 0 Å². The summed E-state index contributed by atoms with van der Waals surface area (Å²) in [4.78, 5) is 33.7. The minimum Gasteiger partial charge on any atom is -0.444 e. The van der Waals surface area contributed by atoms with Crippen LogP contribution < -0.4 is 10.6 Å². The number of hydrogen-bond donors (Lipinski definition) is 2. The molecule has 7 heteroatoms. The molecule has 0 aliphatic rings. The Labute approximate surface area is 127 Å². The van der Waals surface area contributed by atoms with Crippen LogP contribution >= 0.6 is 11.6 Å². The Morgan fingerprint density at radius 3 is 2.52 bits per heavy atom. The number of nitrogens with one attached hydrogen (secondary N) is 2. The fourth-order valence-corrected chi connectivity index (χ4v) is 1.60. The summed E-state index contributed by atoms with van der Waals surface area (Å²) in [6.45, 7) is 4.94. The van der Waals surface area contributed by atoms with E-state index in [1.807, 2.05) is 0 Å². The fraction of sp³-hybridized carbons (Fsp3) is 0.357. The maximum Gasteiger partial charge on any atom is 0.408 e. The maximum atomic E-state index is 11.7. The quantitative estimate of drug-likeness (QED) is 0.837. The second-order valence-electron chi connectivity index (χ2n) is 5.26. The first kappa shape index (κ1) is 17.0. The SMILES string of the molecule is CC(C)(C)OC(=O)NCC(=O)Nc1ccc(C=O)c(Cl)c1. The first-order valence-electron chi connectivity index (χ1n) is 6.22. The van der Waals surface area contributed by atoms with E-state index in [1.54, 1.807) is 26.8 Å². The van der Waals surface area contributed by atoms with Gasteiger partial charge in [0.1, 0.15) is 12.1 Å². The molecule has 0 aliphatic carbocycles. The summed E-state index contributed by atoms with van der Waals surface area (Å²) < 4.78 is 5.00. The van der Waals surface area contributed by atoms with Crippen LogP contribution in [0.4, 0.5) is 10.5 Å². The third kappa shape index (κ3) is 6.27. The van der Waals surface area contributed by atoms with Crippen molar-refractivity contribution in [1.29, 1.82) is 0 Å². The molecule has 6 nitrogen and oxygen atoms in total. The Morgan fingerprint density at radius 1 is 1.33 bits per heavy atom. The topological polar surface area (TPSA) is 84.5 Å². The number of hydrogen-bond acceptors (Lipinski definition) is 4. The second kappa shape index (κ2) is 7.08. The van der Waals surface area contributed by atoms with E-state index < -0.39 is 17.6 Å². The molecule has 0 aliphatic heterocycles. The van der Waals surface area contributed by atoms with Gasteiger partial charge in [0.05, 0.1) is 5.02 Å². The molecule has 0 saturated carbocycles. The van der Waals surface area contributed by atoms with Crippen LogP contribution in [0.3, 0.4) is 0 Å². The molecule has 1 rings (SSSR count). The van der Waals surface area contributed by atoms with Crippen molar-refractivity contribution in [2.75, 3.05) is 11.9 Å². The third-order valence-corrected chi connectivity index (χ3v) is 2.53. The molecule has 114 valence electrons. The van der Waals surface area contributed by atoms with Crippen molar-refractivity contribution in [2.45, 2.75) is 26.4 Å². The highest BCUT2D eigenvalue weighted by molar-refractivity contribution is 6.33. The van der Waals surface area contributed by atoms with Crippen LogP contribution in [0.5, 0.6) is 0 Å². The molecule has 1 aromatic rings. The number of halogens is 1. The average Bonchev–Trinajstić information content (AvgIpc) is 2.34. The minimum atomic E-state index is -0.674. The molecule has 0 radical (unpaired) electrons. The zero-order valence-corrected chi connectivity index (χ0v) is 12.8. The summed E-state index contributed by atoms with van der Waals surface area (Å²) >= 11 is 5.84. The summed E-state index contributed by atoms with van der Waals surface area (Å²) in [7, 11) is 0. The molecule has 1 aromatic carbocycles. The van der Waals surface area contributed by atoms with E-state index in [-0.39, 0.29) is 11.6 Å². The number of anilines is 1. The Morgan fingerprint density at radius 2 is 2.00 bits per heavy atom. The van der Waals surface area contributed by atoms with Crippen molar-refractivity contribution < 1.29 is 19.1 Å². The van der Waals surface area contributed by atoms with Crippen molar-refractivity contribution >= 4 is 35.6 Å². The number of amides is 2. The summed E-state index contributed by atoms with van der Waals surface area (Å²) in [6.07, 6.45) is -0.0511. The number of carbonyl (C=O) groups excluding carboxylic acids is 3. The number of benzene rings is 1. The lowest BCUT2D eigenvalue weighted by Gasteiger charge is -2.19. The first-order valence-corrected chi connectivity index (χ1v) is 6.60. The highest BCUT2D eigenvalue weighted by Gasteiger charge is 2.16. The van der Waals surface area contributed by atoms with Crippen LogP contribution in [0.2, 0.25) is 5.02 Å². The lowest BCUT2D eigenvalue weighted by Crippen LogP contribution is -2.37. The molecule has 21 heavy (non-hydrogen) atoms. The zero-order chi connectivity index (χ0) is 16.0. The third-order valence-electron chi connectivity index (χ3n) is 2.20. The van der Waals surface area contributed by atoms with Gasteiger partial charge in [0.2, 0.25) is 5.91 Å². The van der Waals surface area contributed by atoms with Crippen LogP contribution in [0.1, 0.15) is 31.1 Å². The maximum absolute atomic E-state index is 11.7. The standard InChI is InChI=1S/C14H17ClN2O4/c1-14(2,3)21-13(20)16-7-12(19)17-10-5-4-9(8-18)11(15)6-10/h4-6,8H,7H2,1-3H3,(H,16,20)(H,17,19). The average molecular weight is 313 g/mol. The normalized spacial score (nSPS) is 10.7. The Bertz CT molecular complexity index is 552. The molecular formula is C14H17ClN2O4. The van der Waals surface area contributed by atoms with Crippen molar-refractivity contribution in [2.24, 2.45) is 0 Å². The van der Waals surface area contributed by atoms with Crippen molar-refractivity contribution in [3.63, 3.8) is 0 Å². The molecule has 0 spiro atoms. The van der Waals surface area contributed by atoms with Gasteiger partial charge in [-0.05, 0) is 39.0 Å². The molecule has 0 fully saturated rings. The number of alkyl carbamates (subject to hydrolysis) is 1. The van der Waals surface area contributed by atoms with Gasteiger partial charge in [0.15, 0.2) is 6.29 Å². The lowest BCUT2D eigenvalue weighted by molar-refractivity contribution is -0.115. The molecule has 0 heterocycles. The van der Waals surface area contributed by atoms with Crippen LogP contribution in [-0.2, 0) is 9.53 Å². The number of carbonyl (C=O) groups is 3. The molecule has 2 amide bonds. The highest BCUT2D eigenvalue weighted by Crippen LogP contribution is 2.19. The van der Waals surface area contributed by atoms with Gasteiger partial charge in [-0.1, -0.05) is 11.6 Å². The van der Waals surface area contributed by atoms with Crippen molar-refractivity contribution in [3.8, 4) is 0 Å². The lowest BCUT2D eigenvalue weighted by atomic mass is 10.2. The Balaban J connectivity index is 2.49. The molecular weight excluding hydrogens is 296 g/mol. The van der Waals surface area contributed by atoms with Crippen LogP contribution in [0, 0.1) is 0 Å². The molecule has 0 saturated heterocycles. The van der Waals surface area contributed by atoms with Gasteiger partial charge < -0.3 is 15.4 Å². The van der Waals surface area contributed by atoms with Gasteiger partial charge >= 0.3 is 6.09 Å². The summed E-state index contributed by atoms with van der Waals surface area (Å²) in [5.74, 6) is -0.434. The van der Waals surface area contributed by atoms with E-state index in [4.69, 9.17) is 16.3 Å². The first-order chi connectivity index (χ1) is 9.71. The highest BCUT2D eigenvalue weighted by atomic mass is 35.5. The predicted molar refractivity (Wildman–Crippen MR) is 79.7 cm³/mol. The summed E-state index contributed by atoms with van der Waals surface area (Å²) in [5, 5.41) is 5.12. The van der Waals surface area contributed by atoms with E-state index in [1.165, 1.54) is 12.1 Å². The number of rotatable bonds is 4. The zero-order valence-electron chi connectivity index (χ0n) is 12.0. The molecule has 0 unspecified atom stereocenters. The second-order valence-corrected chi connectivity index (χ2v) is 5.66. The van der Waals surface area contributed by atoms with Gasteiger partial charge in [0, 0.05) is 11.3 Å². The number of ether oxygens (including phenoxy) is 1. The van der Waals surface area contributed by atoms with Gasteiger partial charge in [-0.3, -0.25) is 9.59 Å². The molecule has 2 N–H and O–H groups in total. The predicted octanol–water partition coefficient (Wildman–Crippen LogP) is 2.62. The summed E-state index contributed by atoms with van der Waals surface area (Å²) in [5.41, 5.74) is 0.141. The number of aldehydes is 1. The van der Waals surface area contributed by atoms with E-state index in [9.17, 15) is 14.4 Å². The molecule has 0 bridgehead atoms. The fourth-order valence-electron chi connectivity index (χ4n) is 1.37. The smallest absolute Gasteiger partial charge is 0.408 e. The molecule has 0 atom stereocenters. The van der Waals surface area contributed by atoms with Gasteiger partial charge in [0.25, 0.3) is 0 Å². The van der Waals surface area contributed by atoms with Gasteiger partial charge in [-0.15, -0.1) is 0 Å². The van der Waals surface area contributed by atoms with E-state index >= 15 is 0 Å². The van der Waals surface area contributed by atoms with E-state index in [0.29, 0.717) is 17.5 Å². The van der Waals surface area contributed by atoms with Crippen LogP contribution in [0.25, 0.3) is 0 Å².